The maximum Gasteiger partial charge on any atom is 0.339 e. The number of nitrogens with one attached hydrogen (secondary N) is 1. The molecular weight excluding hydrogens is 474 g/mol. The number of benzene rings is 2. The smallest absolute Gasteiger partial charge is 0.339 e. The number of para-hydroxylation sites is 1. The molecule has 2 aromatic carbocycles. The average Bonchev–Trinajstić information content (AvgIpc) is 3.33. The molecule has 1 amide bonds. The highest BCUT2D eigenvalue weighted by atomic mass is 32.2. The van der Waals surface area contributed by atoms with Crippen molar-refractivity contribution in [2.45, 2.75) is 11.7 Å². The Kier molecular flexibility index (Phi) is 7.29. The van der Waals surface area contributed by atoms with Gasteiger partial charge in [-0.3, -0.25) is 14.2 Å². The van der Waals surface area contributed by atoms with Crippen molar-refractivity contribution in [3.05, 3.63) is 81.5 Å². The highest BCUT2D eigenvalue weighted by Crippen LogP contribution is 2.23. The molecular formula is C24H21N3O5S2. The van der Waals surface area contributed by atoms with Crippen LogP contribution in [0.5, 0.6) is 5.75 Å². The van der Waals surface area contributed by atoms with Crippen LogP contribution in [0.25, 0.3) is 10.2 Å². The molecule has 0 unspecified atom stereocenters. The molecule has 1 N–H and O–H groups in total. The minimum Gasteiger partial charge on any atom is -0.497 e. The van der Waals surface area contributed by atoms with Gasteiger partial charge in [-0.2, -0.15) is 0 Å². The predicted octanol–water partition coefficient (Wildman–Crippen LogP) is 4.03. The summed E-state index contributed by atoms with van der Waals surface area (Å²) >= 11 is 2.49. The third-order valence-electron chi connectivity index (χ3n) is 4.94. The van der Waals surface area contributed by atoms with Gasteiger partial charge in [0.05, 0.1) is 43.3 Å². The van der Waals surface area contributed by atoms with Crippen molar-refractivity contribution in [2.75, 3.05) is 25.3 Å². The number of carbonyl (C=O) groups excluding carboxylic acids is 2. The minimum absolute atomic E-state index is 0.00426. The Morgan fingerprint density at radius 3 is 2.74 bits per heavy atom. The molecule has 0 aliphatic carbocycles. The number of carbonyl (C=O) groups is 2. The minimum atomic E-state index is -0.541. The lowest BCUT2D eigenvalue weighted by Crippen LogP contribution is -2.24. The highest BCUT2D eigenvalue weighted by Gasteiger charge is 2.17. The van der Waals surface area contributed by atoms with E-state index >= 15 is 0 Å². The number of nitrogens with zero attached hydrogens (tertiary/aromatic N) is 2. The van der Waals surface area contributed by atoms with Crippen LogP contribution in [0.15, 0.2) is 69.9 Å². The fourth-order valence-corrected chi connectivity index (χ4v) is 4.90. The molecule has 0 radical (unpaired) electrons. The number of hydrogen-bond acceptors (Lipinski definition) is 8. The zero-order valence-corrected chi connectivity index (χ0v) is 20.1. The molecule has 174 valence electrons. The summed E-state index contributed by atoms with van der Waals surface area (Å²) in [5.74, 6) is -0.196. The fourth-order valence-electron chi connectivity index (χ4n) is 3.32. The summed E-state index contributed by atoms with van der Waals surface area (Å²) in [4.78, 5) is 42.5. The van der Waals surface area contributed by atoms with Gasteiger partial charge in [0.2, 0.25) is 5.91 Å². The van der Waals surface area contributed by atoms with Gasteiger partial charge in [0.15, 0.2) is 5.16 Å². The maximum atomic E-state index is 13.2. The first kappa shape index (κ1) is 23.5. The van der Waals surface area contributed by atoms with E-state index in [1.165, 1.54) is 18.4 Å². The van der Waals surface area contributed by atoms with Gasteiger partial charge in [-0.15, -0.1) is 11.3 Å². The molecule has 4 aromatic rings. The van der Waals surface area contributed by atoms with Crippen LogP contribution in [0.2, 0.25) is 0 Å². The SMILES string of the molecule is COC(=O)c1ccccc1NC(=O)CSc1nc2ccsc2c(=O)n1Cc1cccc(OC)c1. The highest BCUT2D eigenvalue weighted by molar-refractivity contribution is 7.99. The van der Waals surface area contributed by atoms with Crippen LogP contribution < -0.4 is 15.6 Å². The van der Waals surface area contributed by atoms with Crippen molar-refractivity contribution in [3.63, 3.8) is 0 Å². The van der Waals surface area contributed by atoms with E-state index in [1.54, 1.807) is 42.0 Å². The Labute approximate surface area is 203 Å². The van der Waals surface area contributed by atoms with Gasteiger partial charge < -0.3 is 14.8 Å². The Hall–Kier alpha value is -3.63. The van der Waals surface area contributed by atoms with E-state index in [-0.39, 0.29) is 29.3 Å². The monoisotopic (exact) mass is 495 g/mol. The van der Waals surface area contributed by atoms with Gasteiger partial charge in [0.1, 0.15) is 10.4 Å². The van der Waals surface area contributed by atoms with E-state index in [4.69, 9.17) is 9.47 Å². The van der Waals surface area contributed by atoms with Crippen molar-refractivity contribution in [2.24, 2.45) is 0 Å². The second-order valence-electron chi connectivity index (χ2n) is 7.15. The zero-order chi connectivity index (χ0) is 24.1. The van der Waals surface area contributed by atoms with Gasteiger partial charge >= 0.3 is 5.97 Å². The summed E-state index contributed by atoms with van der Waals surface area (Å²) < 4.78 is 12.2. The molecule has 8 nitrogen and oxygen atoms in total. The van der Waals surface area contributed by atoms with Crippen LogP contribution in [0.1, 0.15) is 15.9 Å². The molecule has 4 rings (SSSR count). The molecule has 2 aromatic heterocycles. The van der Waals surface area contributed by atoms with E-state index in [0.717, 1.165) is 17.3 Å². The molecule has 0 atom stereocenters. The molecule has 0 saturated heterocycles. The van der Waals surface area contributed by atoms with Gasteiger partial charge in [0, 0.05) is 0 Å². The van der Waals surface area contributed by atoms with Gasteiger partial charge in [-0.05, 0) is 41.3 Å². The standard InChI is InChI=1S/C24H21N3O5S2/c1-31-16-7-5-6-15(12-16)13-27-22(29)21-19(10-11-33-21)26-24(27)34-14-20(28)25-18-9-4-3-8-17(18)23(30)32-2/h3-12H,13-14H2,1-2H3,(H,25,28). The summed E-state index contributed by atoms with van der Waals surface area (Å²) in [5, 5.41) is 4.98. The lowest BCUT2D eigenvalue weighted by atomic mass is 10.2. The summed E-state index contributed by atoms with van der Waals surface area (Å²) in [7, 11) is 2.87. The molecule has 0 saturated carbocycles. The summed E-state index contributed by atoms with van der Waals surface area (Å²) in [6, 6.07) is 15.8. The average molecular weight is 496 g/mol. The number of rotatable bonds is 8. The largest absolute Gasteiger partial charge is 0.497 e. The lowest BCUT2D eigenvalue weighted by Gasteiger charge is -2.13. The Morgan fingerprint density at radius 1 is 1.12 bits per heavy atom. The van der Waals surface area contributed by atoms with Crippen LogP contribution in [-0.4, -0.2) is 41.4 Å². The molecule has 0 bridgehead atoms. The van der Waals surface area contributed by atoms with E-state index < -0.39 is 5.97 Å². The number of aromatic nitrogens is 2. The van der Waals surface area contributed by atoms with Gasteiger partial charge in [0.25, 0.3) is 5.56 Å². The first-order valence-electron chi connectivity index (χ1n) is 10.2. The number of anilines is 1. The lowest BCUT2D eigenvalue weighted by molar-refractivity contribution is -0.113. The second-order valence-corrected chi connectivity index (χ2v) is 9.00. The number of hydrogen-bond donors (Lipinski definition) is 1. The molecule has 34 heavy (non-hydrogen) atoms. The summed E-state index contributed by atoms with van der Waals surface area (Å²) in [6.45, 7) is 0.284. The molecule has 0 fully saturated rings. The quantitative estimate of drug-likeness (QED) is 0.224. The molecule has 0 aliphatic heterocycles. The first-order valence-corrected chi connectivity index (χ1v) is 12.1. The fraction of sp³-hybridized carbons (Fsp3) is 0.167. The third kappa shape index (κ3) is 5.13. The first-order chi connectivity index (χ1) is 16.5. The second kappa shape index (κ2) is 10.5. The van der Waals surface area contributed by atoms with Crippen molar-refractivity contribution in [3.8, 4) is 5.75 Å². The third-order valence-corrected chi connectivity index (χ3v) is 6.81. The van der Waals surface area contributed by atoms with Crippen LogP contribution in [0.3, 0.4) is 0 Å². The Balaban J connectivity index is 1.58. The van der Waals surface area contributed by atoms with E-state index in [9.17, 15) is 14.4 Å². The molecule has 10 heteroatoms. The van der Waals surface area contributed by atoms with Gasteiger partial charge in [-0.25, -0.2) is 9.78 Å². The number of methoxy groups -OCH3 is 2. The topological polar surface area (TPSA) is 99.5 Å². The number of thioether (sulfide) groups is 1. The van der Waals surface area contributed by atoms with Crippen molar-refractivity contribution in [1.82, 2.24) is 9.55 Å². The van der Waals surface area contributed by atoms with E-state index in [1.807, 2.05) is 29.6 Å². The van der Waals surface area contributed by atoms with E-state index in [0.29, 0.717) is 26.8 Å². The van der Waals surface area contributed by atoms with E-state index in [2.05, 4.69) is 10.3 Å². The normalized spacial score (nSPS) is 10.8. The number of amides is 1. The zero-order valence-electron chi connectivity index (χ0n) is 18.4. The predicted molar refractivity (Wildman–Crippen MR) is 133 cm³/mol. The van der Waals surface area contributed by atoms with Crippen LogP contribution >= 0.6 is 23.1 Å². The van der Waals surface area contributed by atoms with Crippen LogP contribution in [-0.2, 0) is 16.1 Å². The number of ether oxygens (including phenoxy) is 2. The molecule has 0 spiro atoms. The van der Waals surface area contributed by atoms with Crippen LogP contribution in [0.4, 0.5) is 5.69 Å². The van der Waals surface area contributed by atoms with Gasteiger partial charge in [-0.1, -0.05) is 36.0 Å². The Morgan fingerprint density at radius 2 is 1.94 bits per heavy atom. The molecule has 2 heterocycles. The number of esters is 1. The van der Waals surface area contributed by atoms with Crippen molar-refractivity contribution >= 4 is 50.9 Å². The maximum absolute atomic E-state index is 13.2. The Bertz CT molecular complexity index is 1410. The van der Waals surface area contributed by atoms with Crippen LogP contribution in [0, 0.1) is 0 Å². The van der Waals surface area contributed by atoms with Crippen molar-refractivity contribution < 1.29 is 19.1 Å². The number of thiophene rings is 1. The number of fused-ring (bicyclic) bond motifs is 1. The summed E-state index contributed by atoms with van der Waals surface area (Å²) in [5.41, 5.74) is 1.92. The molecule has 0 aliphatic rings. The summed E-state index contributed by atoms with van der Waals surface area (Å²) in [6.07, 6.45) is 0. The van der Waals surface area contributed by atoms with Crippen molar-refractivity contribution in [1.29, 1.82) is 0 Å².